The summed E-state index contributed by atoms with van der Waals surface area (Å²) in [5.74, 6) is -3.09. The normalized spacial score (nSPS) is 13.7. The molecule has 0 aliphatic carbocycles. The third kappa shape index (κ3) is 7.01. The van der Waals surface area contributed by atoms with Crippen molar-refractivity contribution in [3.05, 3.63) is 36.4 Å². The van der Waals surface area contributed by atoms with Crippen molar-refractivity contribution >= 4 is 23.7 Å². The van der Waals surface area contributed by atoms with E-state index in [2.05, 4.69) is 35.9 Å². The third-order valence-electron chi connectivity index (χ3n) is 4.11. The highest BCUT2D eigenvalue weighted by molar-refractivity contribution is 5.92. The van der Waals surface area contributed by atoms with Crippen LogP contribution in [-0.4, -0.2) is 73.4 Å². The molecule has 8 N–H and O–H groups in total. The van der Waals surface area contributed by atoms with Crippen LogP contribution >= 0.6 is 0 Å². The number of nitrogens with zero attached hydrogens (tertiary/aromatic N) is 2. The van der Waals surface area contributed by atoms with Gasteiger partial charge in [0.2, 0.25) is 17.7 Å². The number of H-pyrrole nitrogens is 2. The Labute approximate surface area is 171 Å². The molecule has 0 bridgehead atoms. The minimum atomic E-state index is -1.21. The first-order valence-electron chi connectivity index (χ1n) is 9.06. The molecule has 0 spiro atoms. The second-order valence-corrected chi connectivity index (χ2v) is 6.57. The highest BCUT2D eigenvalue weighted by atomic mass is 16.4. The van der Waals surface area contributed by atoms with Gasteiger partial charge in [0.05, 0.1) is 25.2 Å². The predicted molar refractivity (Wildman–Crippen MR) is 103 cm³/mol. The van der Waals surface area contributed by atoms with Crippen molar-refractivity contribution in [2.75, 3.05) is 6.54 Å². The molecule has 30 heavy (non-hydrogen) atoms. The summed E-state index contributed by atoms with van der Waals surface area (Å²) in [6.07, 6.45) is 6.15. The van der Waals surface area contributed by atoms with E-state index in [4.69, 9.17) is 10.8 Å². The topological polar surface area (TPSA) is 208 Å². The number of amides is 3. The molecule has 0 saturated heterocycles. The number of aromatic amines is 2. The first-order valence-corrected chi connectivity index (χ1v) is 9.06. The fraction of sp³-hybridized carbons (Fsp3) is 0.412. The summed E-state index contributed by atoms with van der Waals surface area (Å²) in [5, 5.41) is 16.1. The molecule has 0 saturated carbocycles. The van der Waals surface area contributed by atoms with E-state index in [9.17, 15) is 19.2 Å². The van der Waals surface area contributed by atoms with Gasteiger partial charge in [-0.1, -0.05) is 0 Å². The van der Waals surface area contributed by atoms with Crippen molar-refractivity contribution in [1.82, 2.24) is 35.9 Å². The van der Waals surface area contributed by atoms with Gasteiger partial charge in [-0.2, -0.15) is 0 Å². The maximum Gasteiger partial charge on any atom is 0.325 e. The quantitative estimate of drug-likeness (QED) is 0.205. The van der Waals surface area contributed by atoms with Crippen LogP contribution in [0, 0.1) is 0 Å². The van der Waals surface area contributed by atoms with Gasteiger partial charge in [0.1, 0.15) is 12.1 Å². The number of hydrogen-bond donors (Lipinski definition) is 7. The number of nitrogens with two attached hydrogens (primary N) is 1. The first-order chi connectivity index (χ1) is 14.3. The van der Waals surface area contributed by atoms with Crippen LogP contribution in [0.1, 0.15) is 18.3 Å². The molecule has 2 aromatic heterocycles. The van der Waals surface area contributed by atoms with E-state index in [0.717, 1.165) is 0 Å². The molecule has 0 radical (unpaired) electrons. The second-order valence-electron chi connectivity index (χ2n) is 6.57. The highest BCUT2D eigenvalue weighted by Crippen LogP contribution is 2.00. The molecule has 162 valence electrons. The largest absolute Gasteiger partial charge is 0.480 e. The number of nitrogens with one attached hydrogen (secondary N) is 5. The Morgan fingerprint density at radius 1 is 1.03 bits per heavy atom. The molecule has 0 aromatic carbocycles. The third-order valence-corrected chi connectivity index (χ3v) is 4.11. The van der Waals surface area contributed by atoms with Gasteiger partial charge in [-0.05, 0) is 6.92 Å². The summed E-state index contributed by atoms with van der Waals surface area (Å²) in [4.78, 5) is 61.0. The fourth-order valence-electron chi connectivity index (χ4n) is 2.47. The van der Waals surface area contributed by atoms with Crippen molar-refractivity contribution in [2.45, 2.75) is 37.9 Å². The zero-order valence-electron chi connectivity index (χ0n) is 16.2. The Morgan fingerprint density at radius 2 is 1.63 bits per heavy atom. The summed E-state index contributed by atoms with van der Waals surface area (Å²) >= 11 is 0. The Balaban J connectivity index is 1.89. The Bertz CT molecular complexity index is 852. The van der Waals surface area contributed by atoms with Crippen LogP contribution < -0.4 is 21.7 Å². The van der Waals surface area contributed by atoms with Gasteiger partial charge in [-0.3, -0.25) is 19.2 Å². The average molecular weight is 420 g/mol. The van der Waals surface area contributed by atoms with E-state index in [-0.39, 0.29) is 12.8 Å². The number of aliphatic carboxylic acids is 1. The first kappa shape index (κ1) is 22.5. The van der Waals surface area contributed by atoms with Crippen LogP contribution in [0.25, 0.3) is 0 Å². The molecule has 0 fully saturated rings. The summed E-state index contributed by atoms with van der Waals surface area (Å²) in [6, 6.07) is -3.10. The van der Waals surface area contributed by atoms with E-state index in [1.165, 1.54) is 32.0 Å². The number of aromatic nitrogens is 4. The van der Waals surface area contributed by atoms with Crippen LogP contribution in [0.2, 0.25) is 0 Å². The van der Waals surface area contributed by atoms with Crippen LogP contribution in [0.5, 0.6) is 0 Å². The minimum absolute atomic E-state index is 0.0528. The van der Waals surface area contributed by atoms with Crippen LogP contribution in [0.15, 0.2) is 25.0 Å². The summed E-state index contributed by atoms with van der Waals surface area (Å²) in [5.41, 5.74) is 7.03. The minimum Gasteiger partial charge on any atom is -0.480 e. The zero-order valence-corrected chi connectivity index (χ0v) is 16.2. The number of imidazole rings is 2. The van der Waals surface area contributed by atoms with Crippen molar-refractivity contribution in [3.63, 3.8) is 0 Å². The molecular formula is C17H24N8O5. The summed E-state index contributed by atoms with van der Waals surface area (Å²) in [6.45, 7) is 0.896. The van der Waals surface area contributed by atoms with E-state index in [1.807, 2.05) is 0 Å². The van der Waals surface area contributed by atoms with Gasteiger partial charge in [-0.15, -0.1) is 0 Å². The monoisotopic (exact) mass is 420 g/mol. The lowest BCUT2D eigenvalue weighted by atomic mass is 10.1. The van der Waals surface area contributed by atoms with Gasteiger partial charge in [0, 0.05) is 36.6 Å². The van der Waals surface area contributed by atoms with E-state index in [1.54, 1.807) is 0 Å². The smallest absolute Gasteiger partial charge is 0.325 e. The second kappa shape index (κ2) is 10.7. The van der Waals surface area contributed by atoms with Gasteiger partial charge in [0.25, 0.3) is 0 Å². The molecule has 3 atom stereocenters. The van der Waals surface area contributed by atoms with Crippen LogP contribution in [0.4, 0.5) is 0 Å². The van der Waals surface area contributed by atoms with Crippen molar-refractivity contribution < 1.29 is 24.3 Å². The van der Waals surface area contributed by atoms with Crippen LogP contribution in [-0.2, 0) is 32.0 Å². The highest BCUT2D eigenvalue weighted by Gasteiger charge is 2.25. The molecule has 2 rings (SSSR count). The lowest BCUT2D eigenvalue weighted by Crippen LogP contribution is -2.54. The maximum absolute atomic E-state index is 12.4. The van der Waals surface area contributed by atoms with E-state index >= 15 is 0 Å². The maximum atomic E-state index is 12.4. The molecule has 2 aromatic rings. The number of rotatable bonds is 11. The van der Waals surface area contributed by atoms with Gasteiger partial charge >= 0.3 is 5.97 Å². The fourth-order valence-corrected chi connectivity index (χ4v) is 2.47. The number of carboxylic acid groups (broad SMARTS) is 1. The molecule has 13 heteroatoms. The SMILES string of the molecule is CC(NC(=O)C(Cc1cnc[nH]1)NC(=O)CNC(=O)C(N)Cc1cnc[nH]1)C(=O)O. The standard InChI is InChI=1S/C17H24N8O5/c1-9(17(29)30)24-16(28)13(3-11-5-20-8-23-11)25-14(26)6-21-15(27)12(18)2-10-4-19-7-22-10/h4-5,7-9,12-13H,2-3,6,18H2,1H3,(H,19,22)(H,20,23)(H,21,27)(H,24,28)(H,25,26)(H,29,30). The van der Waals surface area contributed by atoms with Crippen molar-refractivity contribution in [2.24, 2.45) is 5.73 Å². The summed E-state index contributed by atoms with van der Waals surface area (Å²) < 4.78 is 0. The predicted octanol–water partition coefficient (Wildman–Crippen LogP) is -2.56. The van der Waals surface area contributed by atoms with E-state index in [0.29, 0.717) is 11.4 Å². The number of hydrogen-bond acceptors (Lipinski definition) is 7. The van der Waals surface area contributed by atoms with Crippen LogP contribution in [0.3, 0.4) is 0 Å². The molecule has 0 aliphatic rings. The number of carbonyl (C=O) groups excluding carboxylic acids is 3. The lowest BCUT2D eigenvalue weighted by molar-refractivity contribution is -0.141. The zero-order chi connectivity index (χ0) is 22.1. The Kier molecular flexibility index (Phi) is 8.05. The Hall–Kier alpha value is -3.74. The molecule has 13 nitrogen and oxygen atoms in total. The Morgan fingerprint density at radius 3 is 2.17 bits per heavy atom. The molecule has 0 aliphatic heterocycles. The lowest BCUT2D eigenvalue weighted by Gasteiger charge is -2.20. The van der Waals surface area contributed by atoms with Crippen molar-refractivity contribution in [1.29, 1.82) is 0 Å². The van der Waals surface area contributed by atoms with E-state index < -0.39 is 48.4 Å². The molecule has 3 amide bonds. The number of carboxylic acids is 1. The van der Waals surface area contributed by atoms with Gasteiger partial charge < -0.3 is 36.8 Å². The molecule has 3 unspecified atom stereocenters. The number of carbonyl (C=O) groups is 4. The van der Waals surface area contributed by atoms with Gasteiger partial charge in [-0.25, -0.2) is 9.97 Å². The van der Waals surface area contributed by atoms with Gasteiger partial charge in [0.15, 0.2) is 0 Å². The van der Waals surface area contributed by atoms with Crippen molar-refractivity contribution in [3.8, 4) is 0 Å². The molecule has 2 heterocycles. The molecular weight excluding hydrogens is 396 g/mol. The summed E-state index contributed by atoms with van der Waals surface area (Å²) in [7, 11) is 0. The average Bonchev–Trinajstić information content (AvgIpc) is 3.39.